The van der Waals surface area contributed by atoms with E-state index in [4.69, 9.17) is 9.47 Å². The number of nitrogens with zero attached hydrogens (tertiary/aromatic N) is 2. The third-order valence-electron chi connectivity index (χ3n) is 4.35. The van der Waals surface area contributed by atoms with Crippen molar-refractivity contribution in [2.45, 2.75) is 0 Å². The zero-order valence-electron chi connectivity index (χ0n) is 17.9. The Hall–Kier alpha value is -4.25. The largest absolute Gasteiger partial charge is 0.493 e. The number of nitrogens with one attached hydrogen (secondary N) is 2. The molecule has 11 heteroatoms. The maximum absolute atomic E-state index is 12.2. The fourth-order valence-electron chi connectivity index (χ4n) is 2.78. The third kappa shape index (κ3) is 6.87. The number of hydrazone groups is 1. The van der Waals surface area contributed by atoms with Gasteiger partial charge in [-0.25, -0.2) is 5.43 Å². The molecule has 174 valence electrons. The molecule has 0 aliphatic carbocycles. The number of nitro benzene ring substituents is 1. The van der Waals surface area contributed by atoms with E-state index in [9.17, 15) is 19.7 Å². The van der Waals surface area contributed by atoms with E-state index in [1.807, 2.05) is 6.07 Å². The number of methoxy groups -OCH3 is 1. The summed E-state index contributed by atoms with van der Waals surface area (Å²) in [7, 11) is 1.45. The molecule has 0 bridgehead atoms. The molecule has 0 radical (unpaired) electrons. The standard InChI is InChI=1S/C23H19BrN4O6/c1-33-21-10-15(13-25-27-23(30)16-4-2-5-17(24)11-16)8-9-20(21)34-14-22(29)26-18-6-3-7-19(12-18)28(31)32/h2-13H,14H2,1H3,(H,26,29)(H,27,30)/b25-13+. The molecule has 0 spiro atoms. The second kappa shape index (κ2) is 11.6. The molecule has 3 aromatic rings. The molecule has 2 amide bonds. The Morgan fingerprint density at radius 2 is 1.88 bits per heavy atom. The van der Waals surface area contributed by atoms with Crippen molar-refractivity contribution >= 4 is 45.3 Å². The minimum absolute atomic E-state index is 0.134. The lowest BCUT2D eigenvalue weighted by molar-refractivity contribution is -0.384. The van der Waals surface area contributed by atoms with Crippen LogP contribution in [0.5, 0.6) is 11.5 Å². The summed E-state index contributed by atoms with van der Waals surface area (Å²) < 4.78 is 11.6. The molecule has 2 N–H and O–H groups in total. The van der Waals surface area contributed by atoms with Gasteiger partial charge >= 0.3 is 0 Å². The highest BCUT2D eigenvalue weighted by Crippen LogP contribution is 2.27. The lowest BCUT2D eigenvalue weighted by atomic mass is 10.2. The van der Waals surface area contributed by atoms with E-state index in [2.05, 4.69) is 31.8 Å². The summed E-state index contributed by atoms with van der Waals surface area (Å²) in [5.74, 6) is -0.194. The second-order valence-corrected chi connectivity index (χ2v) is 7.68. The minimum atomic E-state index is -0.548. The van der Waals surface area contributed by atoms with Crippen LogP contribution in [0.2, 0.25) is 0 Å². The van der Waals surface area contributed by atoms with Crippen LogP contribution in [0.3, 0.4) is 0 Å². The molecule has 0 saturated heterocycles. The van der Waals surface area contributed by atoms with Crippen molar-refractivity contribution in [3.8, 4) is 11.5 Å². The van der Waals surface area contributed by atoms with Crippen molar-refractivity contribution in [1.29, 1.82) is 0 Å². The monoisotopic (exact) mass is 526 g/mol. The molecule has 0 unspecified atom stereocenters. The van der Waals surface area contributed by atoms with Crippen LogP contribution in [0.1, 0.15) is 15.9 Å². The van der Waals surface area contributed by atoms with Crippen LogP contribution in [-0.4, -0.2) is 36.7 Å². The Morgan fingerprint density at radius 3 is 2.62 bits per heavy atom. The highest BCUT2D eigenvalue weighted by Gasteiger charge is 2.11. The summed E-state index contributed by atoms with van der Waals surface area (Å²) in [4.78, 5) is 34.6. The average molecular weight is 527 g/mol. The van der Waals surface area contributed by atoms with E-state index in [-0.39, 0.29) is 23.9 Å². The quantitative estimate of drug-likeness (QED) is 0.244. The topological polar surface area (TPSA) is 132 Å². The number of amides is 2. The summed E-state index contributed by atoms with van der Waals surface area (Å²) in [5, 5.41) is 17.3. The van der Waals surface area contributed by atoms with E-state index in [1.54, 1.807) is 36.4 Å². The fraction of sp³-hybridized carbons (Fsp3) is 0.0870. The molecular formula is C23H19BrN4O6. The number of halogens is 1. The maximum atomic E-state index is 12.2. The van der Waals surface area contributed by atoms with Crippen molar-refractivity contribution < 1.29 is 24.0 Å². The van der Waals surface area contributed by atoms with Gasteiger partial charge in [0.25, 0.3) is 17.5 Å². The number of benzene rings is 3. The normalized spacial score (nSPS) is 10.5. The first kappa shape index (κ1) is 24.4. The fourth-order valence-corrected chi connectivity index (χ4v) is 3.18. The number of non-ortho nitro benzene ring substituents is 1. The number of carbonyl (C=O) groups excluding carboxylic acids is 2. The number of ether oxygens (including phenoxy) is 2. The number of carbonyl (C=O) groups is 2. The van der Waals surface area contributed by atoms with Gasteiger partial charge in [-0.3, -0.25) is 19.7 Å². The van der Waals surface area contributed by atoms with Gasteiger partial charge in [0.05, 0.1) is 18.2 Å². The van der Waals surface area contributed by atoms with E-state index in [0.717, 1.165) is 4.47 Å². The molecule has 0 heterocycles. The Bertz CT molecular complexity index is 1250. The minimum Gasteiger partial charge on any atom is -0.493 e. The highest BCUT2D eigenvalue weighted by molar-refractivity contribution is 9.10. The summed E-state index contributed by atoms with van der Waals surface area (Å²) in [6.07, 6.45) is 1.44. The molecule has 0 aliphatic heterocycles. The van der Waals surface area contributed by atoms with E-state index < -0.39 is 10.8 Å². The molecular weight excluding hydrogens is 508 g/mol. The Labute approximate surface area is 202 Å². The number of hydrogen-bond donors (Lipinski definition) is 2. The van der Waals surface area contributed by atoms with E-state index in [1.165, 1.54) is 37.6 Å². The van der Waals surface area contributed by atoms with Crippen LogP contribution in [0.4, 0.5) is 11.4 Å². The van der Waals surface area contributed by atoms with Crippen LogP contribution in [0.25, 0.3) is 0 Å². The molecule has 10 nitrogen and oxygen atoms in total. The van der Waals surface area contributed by atoms with Gasteiger partial charge in [-0.2, -0.15) is 5.10 Å². The zero-order valence-corrected chi connectivity index (χ0v) is 19.4. The van der Waals surface area contributed by atoms with Gasteiger partial charge in [-0.15, -0.1) is 0 Å². The molecule has 0 fully saturated rings. The first-order valence-electron chi connectivity index (χ1n) is 9.80. The van der Waals surface area contributed by atoms with E-state index in [0.29, 0.717) is 22.6 Å². The summed E-state index contributed by atoms with van der Waals surface area (Å²) >= 11 is 3.31. The lowest BCUT2D eigenvalue weighted by Crippen LogP contribution is -2.20. The van der Waals surface area contributed by atoms with Gasteiger partial charge in [0.1, 0.15) is 0 Å². The first-order chi connectivity index (χ1) is 16.4. The highest BCUT2D eigenvalue weighted by atomic mass is 79.9. The van der Waals surface area contributed by atoms with Crippen LogP contribution in [0.15, 0.2) is 76.3 Å². The first-order valence-corrected chi connectivity index (χ1v) is 10.6. The molecule has 0 aromatic heterocycles. The molecule has 3 rings (SSSR count). The van der Waals surface area contributed by atoms with Gasteiger partial charge in [-0.1, -0.05) is 28.1 Å². The number of hydrogen-bond acceptors (Lipinski definition) is 7. The average Bonchev–Trinajstić information content (AvgIpc) is 2.83. The Morgan fingerprint density at radius 1 is 1.09 bits per heavy atom. The van der Waals surface area contributed by atoms with Crippen molar-refractivity contribution in [2.75, 3.05) is 19.0 Å². The Balaban J connectivity index is 1.57. The molecule has 34 heavy (non-hydrogen) atoms. The van der Waals surface area contributed by atoms with Crippen LogP contribution in [0, 0.1) is 10.1 Å². The molecule has 0 aliphatic rings. The van der Waals surface area contributed by atoms with Gasteiger partial charge in [0.2, 0.25) is 0 Å². The lowest BCUT2D eigenvalue weighted by Gasteiger charge is -2.11. The third-order valence-corrected chi connectivity index (χ3v) is 4.85. The smallest absolute Gasteiger partial charge is 0.271 e. The van der Waals surface area contributed by atoms with Crippen LogP contribution >= 0.6 is 15.9 Å². The van der Waals surface area contributed by atoms with Crippen LogP contribution < -0.4 is 20.2 Å². The van der Waals surface area contributed by atoms with Gasteiger partial charge < -0.3 is 14.8 Å². The van der Waals surface area contributed by atoms with Crippen molar-refractivity contribution in [2.24, 2.45) is 5.10 Å². The molecule has 0 atom stereocenters. The predicted molar refractivity (Wildman–Crippen MR) is 129 cm³/mol. The Kier molecular flexibility index (Phi) is 8.30. The summed E-state index contributed by atoms with van der Waals surface area (Å²) in [5.41, 5.74) is 3.67. The second-order valence-electron chi connectivity index (χ2n) is 6.76. The van der Waals surface area contributed by atoms with Crippen LogP contribution in [-0.2, 0) is 4.79 Å². The van der Waals surface area contributed by atoms with Crippen molar-refractivity contribution in [3.63, 3.8) is 0 Å². The van der Waals surface area contributed by atoms with Crippen molar-refractivity contribution in [1.82, 2.24) is 5.43 Å². The summed E-state index contributed by atoms with van der Waals surface area (Å²) in [6.45, 7) is -0.338. The SMILES string of the molecule is COc1cc(/C=N/NC(=O)c2cccc(Br)c2)ccc1OCC(=O)Nc1cccc([N+](=O)[O-])c1. The van der Waals surface area contributed by atoms with E-state index >= 15 is 0 Å². The van der Waals surface area contributed by atoms with Gasteiger partial charge in [0, 0.05) is 27.9 Å². The summed E-state index contributed by atoms with van der Waals surface area (Å²) in [6, 6.07) is 17.4. The number of rotatable bonds is 9. The van der Waals surface area contributed by atoms with Gasteiger partial charge in [-0.05, 0) is 48.0 Å². The molecule has 0 saturated carbocycles. The predicted octanol–water partition coefficient (Wildman–Crippen LogP) is 4.15. The maximum Gasteiger partial charge on any atom is 0.271 e. The zero-order chi connectivity index (χ0) is 24.5. The number of anilines is 1. The van der Waals surface area contributed by atoms with Gasteiger partial charge in [0.15, 0.2) is 18.1 Å². The molecule has 3 aromatic carbocycles. The van der Waals surface area contributed by atoms with Crippen molar-refractivity contribution in [3.05, 3.63) is 92.4 Å². The number of nitro groups is 1.